The molecule has 2 aromatic carbocycles. The smallest absolute Gasteiger partial charge is 0.304 e. The highest BCUT2D eigenvalue weighted by Gasteiger charge is 1.99. The maximum Gasteiger partial charge on any atom is 0.304 e. The van der Waals surface area contributed by atoms with Gasteiger partial charge in [-0.05, 0) is 42.8 Å². The minimum absolute atomic E-state index is 0.154. The summed E-state index contributed by atoms with van der Waals surface area (Å²) < 4.78 is 11.3. The van der Waals surface area contributed by atoms with E-state index in [-0.39, 0.29) is 6.42 Å². The minimum Gasteiger partial charge on any atom is -0.493 e. The van der Waals surface area contributed by atoms with Gasteiger partial charge in [0, 0.05) is 13.0 Å². The summed E-state index contributed by atoms with van der Waals surface area (Å²) >= 11 is 0. The number of hydrogen-bond donors (Lipinski definition) is 2. The van der Waals surface area contributed by atoms with Crippen LogP contribution < -0.4 is 14.8 Å². The van der Waals surface area contributed by atoms with Crippen molar-refractivity contribution in [2.45, 2.75) is 19.3 Å². The van der Waals surface area contributed by atoms with E-state index in [1.807, 2.05) is 54.6 Å². The van der Waals surface area contributed by atoms with Gasteiger partial charge in [-0.1, -0.05) is 30.3 Å². The fourth-order valence-electron chi connectivity index (χ4n) is 2.26. The number of carboxylic acids is 1. The average Bonchev–Trinajstić information content (AvgIpc) is 2.63. The molecule has 0 atom stereocenters. The van der Waals surface area contributed by atoms with E-state index in [4.69, 9.17) is 14.6 Å². The zero-order chi connectivity index (χ0) is 17.7. The number of rotatable bonds is 12. The Hall–Kier alpha value is -2.53. The quantitative estimate of drug-likeness (QED) is 0.580. The van der Waals surface area contributed by atoms with E-state index in [9.17, 15) is 4.79 Å². The molecular weight excluding hydrogens is 318 g/mol. The van der Waals surface area contributed by atoms with Crippen molar-refractivity contribution >= 4 is 5.97 Å². The molecule has 0 radical (unpaired) electrons. The first-order chi connectivity index (χ1) is 12.2. The number of carboxylic acid groups (broad SMARTS) is 1. The van der Waals surface area contributed by atoms with Gasteiger partial charge < -0.3 is 19.9 Å². The second-order valence-electron chi connectivity index (χ2n) is 5.65. The van der Waals surface area contributed by atoms with Gasteiger partial charge >= 0.3 is 5.97 Å². The third kappa shape index (κ3) is 8.22. The van der Waals surface area contributed by atoms with Crippen molar-refractivity contribution in [3.05, 3.63) is 60.2 Å². The molecule has 0 amide bonds. The second-order valence-corrected chi connectivity index (χ2v) is 5.65. The molecule has 0 aliphatic heterocycles. The molecule has 0 aliphatic rings. The predicted molar refractivity (Wildman–Crippen MR) is 97.3 cm³/mol. The highest BCUT2D eigenvalue weighted by molar-refractivity contribution is 5.66. The molecule has 0 fully saturated rings. The van der Waals surface area contributed by atoms with Crippen molar-refractivity contribution in [1.82, 2.24) is 5.32 Å². The number of benzene rings is 2. The molecular formula is C20H25NO4. The van der Waals surface area contributed by atoms with E-state index in [0.717, 1.165) is 30.9 Å². The van der Waals surface area contributed by atoms with E-state index >= 15 is 0 Å². The van der Waals surface area contributed by atoms with Crippen molar-refractivity contribution in [3.8, 4) is 11.5 Å². The number of carbonyl (C=O) groups is 1. The lowest BCUT2D eigenvalue weighted by Gasteiger charge is -2.09. The Kier molecular flexibility index (Phi) is 8.35. The number of hydrogen-bond acceptors (Lipinski definition) is 4. The Balaban J connectivity index is 1.56. The average molecular weight is 343 g/mol. The van der Waals surface area contributed by atoms with Crippen molar-refractivity contribution in [3.63, 3.8) is 0 Å². The molecule has 2 rings (SSSR count). The van der Waals surface area contributed by atoms with Gasteiger partial charge in [0.25, 0.3) is 0 Å². The summed E-state index contributed by atoms with van der Waals surface area (Å²) in [5, 5.41) is 11.7. The number of ether oxygens (including phenoxy) is 2. The summed E-state index contributed by atoms with van der Waals surface area (Å²) in [7, 11) is 0. The summed E-state index contributed by atoms with van der Waals surface area (Å²) in [5.41, 5.74) is 1.20. The topological polar surface area (TPSA) is 67.8 Å². The Morgan fingerprint density at radius 1 is 0.880 bits per heavy atom. The zero-order valence-electron chi connectivity index (χ0n) is 14.3. The standard InChI is InChI=1S/C20H25NO4/c22-20(23)12-14-21-13-11-17-7-9-19(10-8-17)25-16-4-15-24-18-5-2-1-3-6-18/h1-3,5-10,21H,4,11-16H2,(H,22,23). The van der Waals surface area contributed by atoms with Crippen LogP contribution in [0.2, 0.25) is 0 Å². The van der Waals surface area contributed by atoms with Crippen molar-refractivity contribution in [2.75, 3.05) is 26.3 Å². The van der Waals surface area contributed by atoms with Crippen LogP contribution >= 0.6 is 0 Å². The number of aliphatic carboxylic acids is 1. The Bertz CT molecular complexity index is 613. The molecule has 5 nitrogen and oxygen atoms in total. The summed E-state index contributed by atoms with van der Waals surface area (Å²) in [5.74, 6) is 0.953. The van der Waals surface area contributed by atoms with Gasteiger partial charge in [0.2, 0.25) is 0 Å². The first-order valence-electron chi connectivity index (χ1n) is 8.56. The lowest BCUT2D eigenvalue weighted by atomic mass is 10.1. The minimum atomic E-state index is -0.775. The van der Waals surface area contributed by atoms with Crippen LogP contribution in [0.1, 0.15) is 18.4 Å². The summed E-state index contributed by atoms with van der Waals surface area (Å²) in [6, 6.07) is 17.8. The molecule has 0 spiro atoms. The fraction of sp³-hybridized carbons (Fsp3) is 0.350. The second kappa shape index (κ2) is 11.1. The maximum atomic E-state index is 10.4. The first-order valence-corrected chi connectivity index (χ1v) is 8.56. The number of para-hydroxylation sites is 1. The molecule has 25 heavy (non-hydrogen) atoms. The molecule has 0 unspecified atom stereocenters. The lowest BCUT2D eigenvalue weighted by Crippen LogP contribution is -2.20. The van der Waals surface area contributed by atoms with Crippen LogP contribution in [0.15, 0.2) is 54.6 Å². The fourth-order valence-corrected chi connectivity index (χ4v) is 2.26. The van der Waals surface area contributed by atoms with Gasteiger partial charge in [0.15, 0.2) is 0 Å². The summed E-state index contributed by atoms with van der Waals surface area (Å²) in [6.07, 6.45) is 1.84. The van der Waals surface area contributed by atoms with E-state index in [0.29, 0.717) is 19.8 Å². The van der Waals surface area contributed by atoms with Gasteiger partial charge in [0.05, 0.1) is 19.6 Å². The van der Waals surface area contributed by atoms with E-state index in [1.54, 1.807) is 0 Å². The number of nitrogens with one attached hydrogen (secondary N) is 1. The molecule has 0 heterocycles. The SMILES string of the molecule is O=C(O)CCNCCc1ccc(OCCCOc2ccccc2)cc1. The molecule has 2 aromatic rings. The molecule has 134 valence electrons. The van der Waals surface area contributed by atoms with E-state index < -0.39 is 5.97 Å². The van der Waals surface area contributed by atoms with Gasteiger partial charge in [-0.15, -0.1) is 0 Å². The van der Waals surface area contributed by atoms with Gasteiger partial charge in [-0.2, -0.15) is 0 Å². The molecule has 0 bridgehead atoms. The molecule has 0 saturated carbocycles. The molecule has 5 heteroatoms. The Morgan fingerprint density at radius 3 is 2.16 bits per heavy atom. The van der Waals surface area contributed by atoms with E-state index in [1.165, 1.54) is 5.56 Å². The highest BCUT2D eigenvalue weighted by Crippen LogP contribution is 2.13. The third-order valence-corrected chi connectivity index (χ3v) is 3.60. The normalized spacial score (nSPS) is 10.4. The van der Waals surface area contributed by atoms with Crippen LogP contribution in [0.25, 0.3) is 0 Å². The van der Waals surface area contributed by atoms with E-state index in [2.05, 4.69) is 5.32 Å². The largest absolute Gasteiger partial charge is 0.493 e. The van der Waals surface area contributed by atoms with Crippen molar-refractivity contribution in [1.29, 1.82) is 0 Å². The van der Waals surface area contributed by atoms with Gasteiger partial charge in [-0.25, -0.2) is 0 Å². The van der Waals surface area contributed by atoms with Gasteiger partial charge in [0.1, 0.15) is 11.5 Å². The first kappa shape index (κ1) is 18.8. The summed E-state index contributed by atoms with van der Waals surface area (Å²) in [6.45, 7) is 2.51. The Labute approximate surface area is 148 Å². The molecule has 0 aromatic heterocycles. The van der Waals surface area contributed by atoms with Crippen LogP contribution in [0.5, 0.6) is 11.5 Å². The molecule has 0 saturated heterocycles. The van der Waals surface area contributed by atoms with Crippen LogP contribution in [0, 0.1) is 0 Å². The molecule has 0 aliphatic carbocycles. The monoisotopic (exact) mass is 343 g/mol. The third-order valence-electron chi connectivity index (χ3n) is 3.60. The van der Waals surface area contributed by atoms with Crippen molar-refractivity contribution < 1.29 is 19.4 Å². The predicted octanol–water partition coefficient (Wildman–Crippen LogP) is 3.14. The zero-order valence-corrected chi connectivity index (χ0v) is 14.3. The van der Waals surface area contributed by atoms with Crippen LogP contribution in [0.3, 0.4) is 0 Å². The van der Waals surface area contributed by atoms with Gasteiger partial charge in [-0.3, -0.25) is 4.79 Å². The summed E-state index contributed by atoms with van der Waals surface area (Å²) in [4.78, 5) is 10.4. The van der Waals surface area contributed by atoms with Crippen LogP contribution in [-0.4, -0.2) is 37.4 Å². The van der Waals surface area contributed by atoms with Crippen LogP contribution in [-0.2, 0) is 11.2 Å². The highest BCUT2D eigenvalue weighted by atomic mass is 16.5. The van der Waals surface area contributed by atoms with Crippen molar-refractivity contribution in [2.24, 2.45) is 0 Å². The maximum absolute atomic E-state index is 10.4. The van der Waals surface area contributed by atoms with Crippen LogP contribution in [0.4, 0.5) is 0 Å². The molecule has 2 N–H and O–H groups in total. The lowest BCUT2D eigenvalue weighted by molar-refractivity contribution is -0.136. The Morgan fingerprint density at radius 2 is 1.52 bits per heavy atom.